The van der Waals surface area contributed by atoms with Crippen molar-refractivity contribution in [1.29, 1.82) is 0 Å². The molecule has 1 aromatic heterocycles. The van der Waals surface area contributed by atoms with Crippen molar-refractivity contribution < 1.29 is 23.9 Å². The van der Waals surface area contributed by atoms with Crippen molar-refractivity contribution >= 4 is 23.5 Å². The summed E-state index contributed by atoms with van der Waals surface area (Å²) in [4.78, 5) is 34.7. The number of carboxylic acid groups (broad SMARTS) is 1. The summed E-state index contributed by atoms with van der Waals surface area (Å²) in [5.74, 6) is -2.45. The molecule has 114 valence electrons. The van der Waals surface area contributed by atoms with Crippen LogP contribution in [0.15, 0.2) is 47.1 Å². The number of aliphatic carboxylic acids is 1. The molecular weight excluding hydrogens is 288 g/mol. The van der Waals surface area contributed by atoms with E-state index in [1.807, 2.05) is 0 Å². The van der Waals surface area contributed by atoms with Crippen molar-refractivity contribution in [3.63, 3.8) is 0 Å². The maximum absolute atomic E-state index is 12.1. The van der Waals surface area contributed by atoms with Crippen LogP contribution in [-0.4, -0.2) is 23.8 Å². The fraction of sp³-hybridized carbons (Fsp3) is 0.133. The largest absolute Gasteiger partial charge is 0.548 e. The van der Waals surface area contributed by atoms with Crippen molar-refractivity contribution in [1.82, 2.24) is 5.32 Å². The molecule has 1 atom stereocenters. The zero-order valence-corrected chi connectivity index (χ0v) is 11.7. The number of carboxylic acids is 1. The molecular formula is C15H13N2O5-. The first-order valence-electron chi connectivity index (χ1n) is 6.44. The van der Waals surface area contributed by atoms with E-state index in [4.69, 9.17) is 4.42 Å². The highest BCUT2D eigenvalue weighted by molar-refractivity contribution is 6.08. The lowest BCUT2D eigenvalue weighted by molar-refractivity contribution is -0.307. The Morgan fingerprint density at radius 2 is 1.82 bits per heavy atom. The Balaban J connectivity index is 2.18. The second-order valence-corrected chi connectivity index (χ2v) is 4.49. The third kappa shape index (κ3) is 3.51. The highest BCUT2D eigenvalue weighted by Gasteiger charge is 2.16. The molecule has 0 spiro atoms. The van der Waals surface area contributed by atoms with Crippen molar-refractivity contribution in [3.8, 4) is 0 Å². The monoisotopic (exact) mass is 301 g/mol. The Kier molecular flexibility index (Phi) is 4.57. The van der Waals surface area contributed by atoms with Crippen molar-refractivity contribution in [3.05, 3.63) is 54.0 Å². The first kappa shape index (κ1) is 15.3. The predicted molar refractivity (Wildman–Crippen MR) is 75.0 cm³/mol. The van der Waals surface area contributed by atoms with Gasteiger partial charge in [0.15, 0.2) is 5.76 Å². The summed E-state index contributed by atoms with van der Waals surface area (Å²) in [6.07, 6.45) is 1.36. The second-order valence-electron chi connectivity index (χ2n) is 4.49. The zero-order chi connectivity index (χ0) is 16.1. The number of amides is 2. The number of rotatable bonds is 5. The molecule has 1 heterocycles. The molecule has 22 heavy (non-hydrogen) atoms. The van der Waals surface area contributed by atoms with Gasteiger partial charge in [0.2, 0.25) is 0 Å². The first-order chi connectivity index (χ1) is 10.5. The second kappa shape index (κ2) is 6.57. The first-order valence-corrected chi connectivity index (χ1v) is 6.44. The molecule has 7 heteroatoms. The number of hydrogen-bond donors (Lipinski definition) is 2. The highest BCUT2D eigenvalue weighted by atomic mass is 16.4. The van der Waals surface area contributed by atoms with Gasteiger partial charge in [0.1, 0.15) is 0 Å². The van der Waals surface area contributed by atoms with Crippen molar-refractivity contribution in [2.75, 3.05) is 5.32 Å². The van der Waals surface area contributed by atoms with Crippen LogP contribution in [0.4, 0.5) is 5.69 Å². The number of para-hydroxylation sites is 1. The van der Waals surface area contributed by atoms with Gasteiger partial charge in [-0.15, -0.1) is 0 Å². The lowest BCUT2D eigenvalue weighted by Crippen LogP contribution is -2.46. The minimum atomic E-state index is -1.40. The van der Waals surface area contributed by atoms with Gasteiger partial charge in [-0.25, -0.2) is 0 Å². The van der Waals surface area contributed by atoms with Gasteiger partial charge in [0.25, 0.3) is 11.8 Å². The molecule has 0 radical (unpaired) electrons. The maximum atomic E-state index is 12.1. The summed E-state index contributed by atoms with van der Waals surface area (Å²) in [6, 6.07) is 8.12. The topological polar surface area (TPSA) is 111 Å². The number of nitrogens with one attached hydrogen (secondary N) is 2. The van der Waals surface area contributed by atoms with E-state index in [1.165, 1.54) is 31.4 Å². The van der Waals surface area contributed by atoms with Gasteiger partial charge in [-0.2, -0.15) is 0 Å². The van der Waals surface area contributed by atoms with Crippen LogP contribution in [0.1, 0.15) is 27.8 Å². The average molecular weight is 301 g/mol. The van der Waals surface area contributed by atoms with Crippen molar-refractivity contribution in [2.45, 2.75) is 13.0 Å². The molecule has 0 bridgehead atoms. The Hall–Kier alpha value is -3.09. The maximum Gasteiger partial charge on any atom is 0.291 e. The summed E-state index contributed by atoms with van der Waals surface area (Å²) in [7, 11) is 0. The lowest BCUT2D eigenvalue weighted by atomic mass is 10.1. The fourth-order valence-electron chi connectivity index (χ4n) is 1.72. The van der Waals surface area contributed by atoms with Gasteiger partial charge in [-0.3, -0.25) is 9.59 Å². The zero-order valence-electron chi connectivity index (χ0n) is 11.7. The number of carbonyl (C=O) groups is 3. The molecule has 2 amide bonds. The summed E-state index contributed by atoms with van der Waals surface area (Å²) in [5, 5.41) is 15.5. The molecule has 2 rings (SSSR count). The lowest BCUT2D eigenvalue weighted by Gasteiger charge is -2.16. The normalized spacial score (nSPS) is 11.5. The van der Waals surface area contributed by atoms with E-state index in [2.05, 4.69) is 10.6 Å². The Morgan fingerprint density at radius 3 is 2.45 bits per heavy atom. The quantitative estimate of drug-likeness (QED) is 0.830. The SMILES string of the molecule is CC(NC(=O)c1ccccc1NC(=O)c1ccco1)C(=O)[O-]. The van der Waals surface area contributed by atoms with Gasteiger partial charge in [-0.05, 0) is 31.2 Å². The van der Waals surface area contributed by atoms with Gasteiger partial charge >= 0.3 is 0 Å². The number of benzene rings is 1. The highest BCUT2D eigenvalue weighted by Crippen LogP contribution is 2.16. The number of hydrogen-bond acceptors (Lipinski definition) is 5. The molecule has 0 fully saturated rings. The summed E-state index contributed by atoms with van der Waals surface area (Å²) >= 11 is 0. The van der Waals surface area contributed by atoms with E-state index in [9.17, 15) is 19.5 Å². The van der Waals surface area contributed by atoms with Crippen LogP contribution < -0.4 is 15.7 Å². The van der Waals surface area contributed by atoms with E-state index in [-0.39, 0.29) is 17.0 Å². The summed E-state index contributed by atoms with van der Waals surface area (Å²) in [6.45, 7) is 1.29. The van der Waals surface area contributed by atoms with Crippen LogP contribution in [0.5, 0.6) is 0 Å². The third-order valence-electron chi connectivity index (χ3n) is 2.87. The van der Waals surface area contributed by atoms with Gasteiger partial charge in [0, 0.05) is 0 Å². The Morgan fingerprint density at radius 1 is 1.09 bits per heavy atom. The Bertz CT molecular complexity index is 694. The number of carbonyl (C=O) groups excluding carboxylic acids is 3. The molecule has 2 N–H and O–H groups in total. The molecule has 0 saturated carbocycles. The smallest absolute Gasteiger partial charge is 0.291 e. The Labute approximate surface area is 125 Å². The molecule has 1 unspecified atom stereocenters. The van der Waals surface area contributed by atoms with Gasteiger partial charge in [-0.1, -0.05) is 12.1 Å². The van der Waals surface area contributed by atoms with Gasteiger partial charge < -0.3 is 25.0 Å². The predicted octanol–water partition coefficient (Wildman–Crippen LogP) is 0.400. The molecule has 0 aliphatic carbocycles. The minimum Gasteiger partial charge on any atom is -0.548 e. The fourth-order valence-corrected chi connectivity index (χ4v) is 1.72. The van der Waals surface area contributed by atoms with Crippen molar-refractivity contribution in [2.24, 2.45) is 0 Å². The van der Waals surface area contributed by atoms with E-state index in [0.29, 0.717) is 0 Å². The van der Waals surface area contributed by atoms with Crippen LogP contribution in [0, 0.1) is 0 Å². The minimum absolute atomic E-state index is 0.0957. The van der Waals surface area contributed by atoms with E-state index >= 15 is 0 Å². The third-order valence-corrected chi connectivity index (χ3v) is 2.87. The molecule has 0 aliphatic rings. The standard InChI is InChI=1S/C15H14N2O5/c1-9(15(20)21)16-13(18)10-5-2-3-6-11(10)17-14(19)12-7-4-8-22-12/h2-9H,1H3,(H,16,18)(H,17,19)(H,20,21)/p-1. The average Bonchev–Trinajstić information content (AvgIpc) is 3.01. The van der Waals surface area contributed by atoms with E-state index in [0.717, 1.165) is 0 Å². The van der Waals surface area contributed by atoms with Crippen LogP contribution in [0.25, 0.3) is 0 Å². The van der Waals surface area contributed by atoms with E-state index in [1.54, 1.807) is 18.2 Å². The molecule has 0 aliphatic heterocycles. The van der Waals surface area contributed by atoms with Crippen LogP contribution in [0.2, 0.25) is 0 Å². The van der Waals surface area contributed by atoms with E-state index < -0.39 is 23.8 Å². The molecule has 7 nitrogen and oxygen atoms in total. The summed E-state index contributed by atoms with van der Waals surface area (Å²) in [5.41, 5.74) is 0.377. The number of furan rings is 1. The molecule has 1 aromatic carbocycles. The van der Waals surface area contributed by atoms with Crippen LogP contribution in [-0.2, 0) is 4.79 Å². The molecule has 2 aromatic rings. The van der Waals surface area contributed by atoms with Gasteiger partial charge in [0.05, 0.1) is 29.5 Å². The molecule has 0 saturated heterocycles. The van der Waals surface area contributed by atoms with Crippen LogP contribution in [0.3, 0.4) is 0 Å². The van der Waals surface area contributed by atoms with Crippen LogP contribution >= 0.6 is 0 Å². The number of anilines is 1. The summed E-state index contributed by atoms with van der Waals surface area (Å²) < 4.78 is 4.97.